The largest absolute Gasteiger partial charge is 0.493 e. The summed E-state index contributed by atoms with van der Waals surface area (Å²) in [5, 5.41) is 11.6. The first-order valence-corrected chi connectivity index (χ1v) is 9.73. The Hall–Kier alpha value is -2.80. The average molecular weight is 424 g/mol. The Balaban J connectivity index is 2.13. The molecule has 1 N–H and O–H groups in total. The van der Waals surface area contributed by atoms with Crippen LogP contribution >= 0.6 is 11.6 Å². The van der Waals surface area contributed by atoms with Gasteiger partial charge in [-0.3, -0.25) is 4.79 Å². The number of carbonyl (C=O) groups is 1. The molecule has 0 fully saturated rings. The lowest BCUT2D eigenvalue weighted by atomic mass is 10.2. The van der Waals surface area contributed by atoms with Crippen molar-refractivity contribution in [3.05, 3.63) is 47.0 Å². The van der Waals surface area contributed by atoms with Crippen LogP contribution in [0.5, 0.6) is 11.5 Å². The molecule has 28 heavy (non-hydrogen) atoms. The fourth-order valence-electron chi connectivity index (χ4n) is 2.16. The van der Waals surface area contributed by atoms with Crippen LogP contribution in [-0.2, 0) is 14.8 Å². The minimum atomic E-state index is -3.67. The number of halogens is 1. The molecule has 0 aliphatic rings. The summed E-state index contributed by atoms with van der Waals surface area (Å²) in [6.45, 7) is -0.372. The van der Waals surface area contributed by atoms with Gasteiger partial charge in [0, 0.05) is 20.2 Å². The number of nitrogens with one attached hydrogen (secondary N) is 1. The molecule has 0 aliphatic carbocycles. The first-order valence-electron chi connectivity index (χ1n) is 7.92. The van der Waals surface area contributed by atoms with Crippen molar-refractivity contribution in [2.75, 3.05) is 33.1 Å². The molecule has 0 unspecified atom stereocenters. The lowest BCUT2D eigenvalue weighted by molar-refractivity contribution is -0.118. The van der Waals surface area contributed by atoms with E-state index in [2.05, 4.69) is 5.32 Å². The number of nitriles is 1. The number of amides is 1. The van der Waals surface area contributed by atoms with Gasteiger partial charge in [0.15, 0.2) is 18.1 Å². The van der Waals surface area contributed by atoms with Crippen LogP contribution in [0.15, 0.2) is 41.3 Å². The van der Waals surface area contributed by atoms with Gasteiger partial charge in [-0.25, -0.2) is 12.7 Å². The number of sulfonamides is 1. The molecule has 2 aromatic carbocycles. The van der Waals surface area contributed by atoms with E-state index in [0.717, 1.165) is 4.31 Å². The third kappa shape index (κ3) is 4.92. The van der Waals surface area contributed by atoms with E-state index in [0.29, 0.717) is 11.3 Å². The Labute approximate surface area is 168 Å². The molecule has 0 aromatic heterocycles. The molecule has 0 bridgehead atoms. The first-order chi connectivity index (χ1) is 13.2. The Kier molecular flexibility index (Phi) is 6.85. The highest BCUT2D eigenvalue weighted by molar-refractivity contribution is 7.89. The van der Waals surface area contributed by atoms with Gasteiger partial charge in [-0.2, -0.15) is 5.26 Å². The number of anilines is 1. The van der Waals surface area contributed by atoms with E-state index in [4.69, 9.17) is 26.3 Å². The SMILES string of the molecule is COc1cc(C#N)ccc1OCC(=O)Nc1cc(S(=O)(=O)N(C)C)ccc1Cl. The van der Waals surface area contributed by atoms with E-state index in [1.54, 1.807) is 0 Å². The molecule has 1 amide bonds. The van der Waals surface area contributed by atoms with Crippen molar-refractivity contribution in [1.82, 2.24) is 4.31 Å². The van der Waals surface area contributed by atoms with Gasteiger partial charge in [-0.1, -0.05) is 11.6 Å². The molecule has 0 spiro atoms. The molecule has 0 saturated carbocycles. The van der Waals surface area contributed by atoms with Gasteiger partial charge < -0.3 is 14.8 Å². The monoisotopic (exact) mass is 423 g/mol. The Morgan fingerprint density at radius 3 is 2.54 bits per heavy atom. The van der Waals surface area contributed by atoms with E-state index >= 15 is 0 Å². The Morgan fingerprint density at radius 1 is 1.21 bits per heavy atom. The molecule has 8 nitrogen and oxygen atoms in total. The number of hydrogen-bond acceptors (Lipinski definition) is 6. The van der Waals surface area contributed by atoms with Gasteiger partial charge in [0.05, 0.1) is 34.3 Å². The molecule has 10 heteroatoms. The first kappa shape index (κ1) is 21.5. The number of carbonyl (C=O) groups excluding carboxylic acids is 1. The second kappa shape index (κ2) is 8.93. The van der Waals surface area contributed by atoms with Gasteiger partial charge >= 0.3 is 0 Å². The molecule has 2 aromatic rings. The maximum Gasteiger partial charge on any atom is 0.262 e. The predicted molar refractivity (Wildman–Crippen MR) is 104 cm³/mol. The summed E-state index contributed by atoms with van der Waals surface area (Å²) in [6.07, 6.45) is 0. The summed E-state index contributed by atoms with van der Waals surface area (Å²) in [4.78, 5) is 12.2. The average Bonchev–Trinajstić information content (AvgIpc) is 2.67. The zero-order valence-corrected chi connectivity index (χ0v) is 17.0. The molecule has 0 radical (unpaired) electrons. The minimum absolute atomic E-state index is 0.00752. The summed E-state index contributed by atoms with van der Waals surface area (Å²) >= 11 is 6.05. The highest BCUT2D eigenvalue weighted by atomic mass is 35.5. The van der Waals surface area contributed by atoms with Crippen LogP contribution in [0.25, 0.3) is 0 Å². The van der Waals surface area contributed by atoms with Crippen LogP contribution in [0.3, 0.4) is 0 Å². The minimum Gasteiger partial charge on any atom is -0.493 e. The van der Waals surface area contributed by atoms with Gasteiger partial charge in [-0.15, -0.1) is 0 Å². The van der Waals surface area contributed by atoms with Crippen molar-refractivity contribution >= 4 is 33.2 Å². The van der Waals surface area contributed by atoms with Crippen LogP contribution < -0.4 is 14.8 Å². The van der Waals surface area contributed by atoms with Gasteiger partial charge in [-0.05, 0) is 30.3 Å². The van der Waals surface area contributed by atoms with Crippen molar-refractivity contribution in [2.24, 2.45) is 0 Å². The lowest BCUT2D eigenvalue weighted by Crippen LogP contribution is -2.23. The van der Waals surface area contributed by atoms with E-state index in [1.807, 2.05) is 6.07 Å². The summed E-state index contributed by atoms with van der Waals surface area (Å²) in [5.74, 6) is 0.0448. The fraction of sp³-hybridized carbons (Fsp3) is 0.222. The molecule has 0 saturated heterocycles. The van der Waals surface area contributed by atoms with Crippen LogP contribution in [0.4, 0.5) is 5.69 Å². The fourth-order valence-corrected chi connectivity index (χ4v) is 3.25. The summed E-state index contributed by atoms with van der Waals surface area (Å²) in [7, 11) is 0.550. The van der Waals surface area contributed by atoms with E-state index < -0.39 is 15.9 Å². The quantitative estimate of drug-likeness (QED) is 0.732. The van der Waals surface area contributed by atoms with Crippen LogP contribution in [0.1, 0.15) is 5.56 Å². The molecular weight excluding hydrogens is 406 g/mol. The number of ether oxygens (including phenoxy) is 2. The van der Waals surface area contributed by atoms with E-state index in [-0.39, 0.29) is 28.0 Å². The summed E-state index contributed by atoms with van der Waals surface area (Å²) < 4.78 is 36.1. The maximum atomic E-state index is 12.2. The van der Waals surface area contributed by atoms with E-state index in [1.165, 1.54) is 57.6 Å². The topological polar surface area (TPSA) is 109 Å². The summed E-state index contributed by atoms with van der Waals surface area (Å²) in [5.41, 5.74) is 0.532. The highest BCUT2D eigenvalue weighted by Crippen LogP contribution is 2.29. The van der Waals surface area contributed by atoms with Gasteiger partial charge in [0.1, 0.15) is 0 Å². The van der Waals surface area contributed by atoms with Crippen molar-refractivity contribution in [3.8, 4) is 17.6 Å². The number of nitrogens with zero attached hydrogens (tertiary/aromatic N) is 2. The predicted octanol–water partition coefficient (Wildman–Crippen LogP) is 2.49. The van der Waals surface area contributed by atoms with Crippen LogP contribution in [-0.4, -0.2) is 46.4 Å². The number of rotatable bonds is 7. The van der Waals surface area contributed by atoms with E-state index in [9.17, 15) is 13.2 Å². The van der Waals surface area contributed by atoms with Crippen molar-refractivity contribution in [3.63, 3.8) is 0 Å². The zero-order chi connectivity index (χ0) is 20.9. The maximum absolute atomic E-state index is 12.2. The molecule has 0 heterocycles. The van der Waals surface area contributed by atoms with Crippen LogP contribution in [0.2, 0.25) is 5.02 Å². The Morgan fingerprint density at radius 2 is 1.93 bits per heavy atom. The molecule has 0 atom stereocenters. The third-order valence-electron chi connectivity index (χ3n) is 3.64. The molecule has 0 aliphatic heterocycles. The standard InChI is InChI=1S/C18H18ClN3O5S/c1-22(2)28(24,25)13-5-6-14(19)15(9-13)21-18(23)11-27-16-7-4-12(10-20)8-17(16)26-3/h4-9H,11H2,1-3H3,(H,21,23). The van der Waals surface area contributed by atoms with Gasteiger partial charge in [0.2, 0.25) is 10.0 Å². The normalized spacial score (nSPS) is 11.0. The number of benzene rings is 2. The second-order valence-corrected chi connectivity index (χ2v) is 8.30. The molecule has 2 rings (SSSR count). The number of methoxy groups -OCH3 is 1. The van der Waals surface area contributed by atoms with Crippen LogP contribution in [0, 0.1) is 11.3 Å². The number of hydrogen-bond donors (Lipinski definition) is 1. The third-order valence-corrected chi connectivity index (χ3v) is 5.78. The van der Waals surface area contributed by atoms with Crippen molar-refractivity contribution in [1.29, 1.82) is 5.26 Å². The lowest BCUT2D eigenvalue weighted by Gasteiger charge is -2.14. The molecular formula is C18H18ClN3O5S. The van der Waals surface area contributed by atoms with Crippen molar-refractivity contribution in [2.45, 2.75) is 4.90 Å². The Bertz CT molecular complexity index is 1030. The van der Waals surface area contributed by atoms with Gasteiger partial charge in [0.25, 0.3) is 5.91 Å². The smallest absolute Gasteiger partial charge is 0.262 e. The molecule has 148 valence electrons. The highest BCUT2D eigenvalue weighted by Gasteiger charge is 2.19. The second-order valence-electron chi connectivity index (χ2n) is 5.74. The van der Waals surface area contributed by atoms with Crippen molar-refractivity contribution < 1.29 is 22.7 Å². The zero-order valence-electron chi connectivity index (χ0n) is 15.4. The summed E-state index contributed by atoms with van der Waals surface area (Å²) in [6, 6.07) is 10.5.